The number of aromatic nitrogens is 4. The predicted molar refractivity (Wildman–Crippen MR) is 92.5 cm³/mol. The Morgan fingerprint density at radius 2 is 1.92 bits per heavy atom. The van der Waals surface area contributed by atoms with Gasteiger partial charge < -0.3 is 15.0 Å². The lowest BCUT2D eigenvalue weighted by Crippen LogP contribution is -2.26. The fourth-order valence-corrected chi connectivity index (χ4v) is 4.21. The van der Waals surface area contributed by atoms with Crippen molar-refractivity contribution in [3.05, 3.63) is 29.8 Å². The predicted octanol–water partition coefficient (Wildman–Crippen LogP) is 2.57. The van der Waals surface area contributed by atoms with Gasteiger partial charge in [-0.15, -0.1) is 0 Å². The Bertz CT molecular complexity index is 855. The molecule has 0 saturated carbocycles. The molecule has 0 spiro atoms. The highest BCUT2D eigenvalue weighted by atomic mass is 16.5. The summed E-state index contributed by atoms with van der Waals surface area (Å²) < 4.78 is 7.78. The summed E-state index contributed by atoms with van der Waals surface area (Å²) in [6, 6.07) is 0. The lowest BCUT2D eigenvalue weighted by atomic mass is 9.93. The minimum Gasteiger partial charge on any atom is -0.381 e. The van der Waals surface area contributed by atoms with Crippen molar-refractivity contribution in [1.29, 1.82) is 0 Å². The standard InChI is InChI=1S/C18H23N5O/c1-5-19-6-2-13(1)15-11-23-16(22-15)10-21-18-17(23)14(9-20-18)12-3-7-24-8-4-12/h9-13,19-20H,1-8H2. The van der Waals surface area contributed by atoms with Gasteiger partial charge in [-0.2, -0.15) is 0 Å². The summed E-state index contributed by atoms with van der Waals surface area (Å²) >= 11 is 0. The van der Waals surface area contributed by atoms with E-state index in [1.807, 2.05) is 6.20 Å². The Kier molecular flexibility index (Phi) is 3.52. The third kappa shape index (κ3) is 2.32. The SMILES string of the molecule is c1[nH]c2ncc3nc(C4CCNCC4)cn3c2c1C1CCOCC1. The maximum Gasteiger partial charge on any atom is 0.156 e. The van der Waals surface area contributed by atoms with E-state index < -0.39 is 0 Å². The Morgan fingerprint density at radius 3 is 2.75 bits per heavy atom. The summed E-state index contributed by atoms with van der Waals surface area (Å²) in [6.07, 6.45) is 10.8. The number of hydrogen-bond acceptors (Lipinski definition) is 4. The fourth-order valence-electron chi connectivity index (χ4n) is 4.21. The molecule has 3 aromatic rings. The van der Waals surface area contributed by atoms with Crippen molar-refractivity contribution in [2.24, 2.45) is 0 Å². The minimum atomic E-state index is 0.546. The average molecular weight is 325 g/mol. The molecular formula is C18H23N5O. The van der Waals surface area contributed by atoms with Crippen molar-refractivity contribution in [3.8, 4) is 0 Å². The van der Waals surface area contributed by atoms with Crippen LogP contribution in [0.1, 0.15) is 48.8 Å². The van der Waals surface area contributed by atoms with Crippen LogP contribution < -0.4 is 5.32 Å². The number of fused-ring (bicyclic) bond motifs is 3. The van der Waals surface area contributed by atoms with Gasteiger partial charge in [0.05, 0.1) is 17.4 Å². The molecule has 0 amide bonds. The maximum absolute atomic E-state index is 5.53. The molecule has 2 aliphatic rings. The van der Waals surface area contributed by atoms with Gasteiger partial charge in [-0.25, -0.2) is 9.97 Å². The van der Waals surface area contributed by atoms with E-state index in [-0.39, 0.29) is 0 Å². The van der Waals surface area contributed by atoms with Gasteiger partial charge in [0.15, 0.2) is 11.3 Å². The lowest BCUT2D eigenvalue weighted by Gasteiger charge is -2.21. The van der Waals surface area contributed by atoms with E-state index in [1.54, 1.807) is 0 Å². The zero-order valence-electron chi connectivity index (χ0n) is 13.8. The molecule has 3 aromatic heterocycles. The molecule has 5 heterocycles. The van der Waals surface area contributed by atoms with E-state index in [2.05, 4.69) is 32.1 Å². The van der Waals surface area contributed by atoms with Crippen LogP contribution in [0.3, 0.4) is 0 Å². The number of hydrogen-bond donors (Lipinski definition) is 2. The van der Waals surface area contributed by atoms with Crippen LogP contribution >= 0.6 is 0 Å². The number of H-pyrrole nitrogens is 1. The first kappa shape index (κ1) is 14.4. The Hall–Kier alpha value is -1.92. The van der Waals surface area contributed by atoms with Crippen LogP contribution in [-0.2, 0) is 4.74 Å². The second-order valence-corrected chi connectivity index (χ2v) is 7.00. The van der Waals surface area contributed by atoms with E-state index in [0.29, 0.717) is 11.8 Å². The van der Waals surface area contributed by atoms with Crippen LogP contribution in [0.4, 0.5) is 0 Å². The molecule has 6 nitrogen and oxygen atoms in total. The second kappa shape index (κ2) is 5.86. The Balaban J connectivity index is 1.62. The molecular weight excluding hydrogens is 302 g/mol. The molecule has 2 fully saturated rings. The summed E-state index contributed by atoms with van der Waals surface area (Å²) in [4.78, 5) is 12.8. The van der Waals surface area contributed by atoms with Gasteiger partial charge in [0, 0.05) is 31.5 Å². The normalized spacial score (nSPS) is 21.0. The molecule has 2 aliphatic heterocycles. The third-order valence-corrected chi connectivity index (χ3v) is 5.58. The smallest absolute Gasteiger partial charge is 0.156 e. The van der Waals surface area contributed by atoms with Crippen LogP contribution in [0.15, 0.2) is 18.6 Å². The molecule has 5 rings (SSSR count). The lowest BCUT2D eigenvalue weighted by molar-refractivity contribution is 0.0856. The average Bonchev–Trinajstić information content (AvgIpc) is 3.27. The number of rotatable bonds is 2. The molecule has 0 aromatic carbocycles. The monoisotopic (exact) mass is 325 g/mol. The van der Waals surface area contributed by atoms with Gasteiger partial charge in [0.2, 0.25) is 0 Å². The molecule has 0 radical (unpaired) electrons. The third-order valence-electron chi connectivity index (χ3n) is 5.58. The summed E-state index contributed by atoms with van der Waals surface area (Å²) in [7, 11) is 0. The first-order valence-electron chi connectivity index (χ1n) is 9.03. The van der Waals surface area contributed by atoms with Gasteiger partial charge in [-0.1, -0.05) is 0 Å². The second-order valence-electron chi connectivity index (χ2n) is 7.00. The number of ether oxygens (including phenoxy) is 1. The number of imidazole rings is 1. The van der Waals surface area contributed by atoms with E-state index >= 15 is 0 Å². The fraction of sp³-hybridized carbons (Fsp3) is 0.556. The van der Waals surface area contributed by atoms with Crippen molar-refractivity contribution in [2.75, 3.05) is 26.3 Å². The van der Waals surface area contributed by atoms with Crippen LogP contribution in [0.25, 0.3) is 16.8 Å². The van der Waals surface area contributed by atoms with Gasteiger partial charge in [0.1, 0.15) is 0 Å². The summed E-state index contributed by atoms with van der Waals surface area (Å²) in [5, 5.41) is 3.43. The van der Waals surface area contributed by atoms with E-state index in [9.17, 15) is 0 Å². The number of piperidine rings is 1. The zero-order chi connectivity index (χ0) is 15.9. The highest BCUT2D eigenvalue weighted by molar-refractivity contribution is 5.79. The van der Waals surface area contributed by atoms with E-state index in [1.165, 1.54) is 29.6 Å². The quantitative estimate of drug-likeness (QED) is 0.760. The molecule has 0 unspecified atom stereocenters. The highest BCUT2D eigenvalue weighted by Crippen LogP contribution is 2.33. The molecule has 24 heavy (non-hydrogen) atoms. The number of nitrogens with one attached hydrogen (secondary N) is 2. The van der Waals surface area contributed by atoms with Gasteiger partial charge in [-0.05, 0) is 50.3 Å². The Labute approximate surface area is 140 Å². The molecule has 0 aliphatic carbocycles. The molecule has 126 valence electrons. The molecule has 2 saturated heterocycles. The van der Waals surface area contributed by atoms with Gasteiger partial charge in [-0.3, -0.25) is 4.40 Å². The van der Waals surface area contributed by atoms with Crippen LogP contribution in [0.2, 0.25) is 0 Å². The van der Waals surface area contributed by atoms with E-state index in [0.717, 1.165) is 50.4 Å². The zero-order valence-corrected chi connectivity index (χ0v) is 13.8. The summed E-state index contributed by atoms with van der Waals surface area (Å²) in [5.74, 6) is 1.11. The molecule has 0 atom stereocenters. The van der Waals surface area contributed by atoms with Crippen molar-refractivity contribution < 1.29 is 4.74 Å². The first-order chi connectivity index (χ1) is 11.9. The van der Waals surface area contributed by atoms with Crippen LogP contribution in [0.5, 0.6) is 0 Å². The number of aromatic amines is 1. The van der Waals surface area contributed by atoms with Crippen LogP contribution in [0, 0.1) is 0 Å². The topological polar surface area (TPSA) is 67.2 Å². The molecule has 2 N–H and O–H groups in total. The minimum absolute atomic E-state index is 0.546. The highest BCUT2D eigenvalue weighted by Gasteiger charge is 2.23. The van der Waals surface area contributed by atoms with Crippen LogP contribution in [-0.4, -0.2) is 45.7 Å². The molecule has 6 heteroatoms. The van der Waals surface area contributed by atoms with Gasteiger partial charge >= 0.3 is 0 Å². The van der Waals surface area contributed by atoms with E-state index in [4.69, 9.17) is 9.72 Å². The van der Waals surface area contributed by atoms with Crippen molar-refractivity contribution in [3.63, 3.8) is 0 Å². The largest absolute Gasteiger partial charge is 0.381 e. The number of nitrogens with zero attached hydrogens (tertiary/aromatic N) is 3. The maximum atomic E-state index is 5.53. The van der Waals surface area contributed by atoms with Crippen molar-refractivity contribution >= 4 is 16.8 Å². The summed E-state index contributed by atoms with van der Waals surface area (Å²) in [6.45, 7) is 3.88. The molecule has 0 bridgehead atoms. The van der Waals surface area contributed by atoms with Crippen molar-refractivity contribution in [1.82, 2.24) is 24.7 Å². The first-order valence-corrected chi connectivity index (χ1v) is 9.03. The Morgan fingerprint density at radius 1 is 1.08 bits per heavy atom. The van der Waals surface area contributed by atoms with Gasteiger partial charge in [0.25, 0.3) is 0 Å². The van der Waals surface area contributed by atoms with Crippen molar-refractivity contribution in [2.45, 2.75) is 37.5 Å². The summed E-state index contributed by atoms with van der Waals surface area (Å²) in [5.41, 5.74) is 5.69.